The van der Waals surface area contributed by atoms with E-state index in [0.717, 1.165) is 69.9 Å². The highest BCUT2D eigenvalue weighted by Gasteiger charge is 2.40. The molecule has 2 aliphatic heterocycles. The van der Waals surface area contributed by atoms with Crippen LogP contribution in [0.4, 0.5) is 0 Å². The van der Waals surface area contributed by atoms with Gasteiger partial charge in [0.1, 0.15) is 23.7 Å². The lowest BCUT2D eigenvalue weighted by Crippen LogP contribution is -2.60. The Labute approximate surface area is 344 Å². The van der Waals surface area contributed by atoms with E-state index in [1.54, 1.807) is 17.4 Å². The number of hydrogen-bond donors (Lipinski definition) is 5. The average Bonchev–Trinajstić information content (AvgIpc) is 3.89. The Morgan fingerprint density at radius 1 is 0.672 bits per heavy atom. The fourth-order valence-electron chi connectivity index (χ4n) is 8.92. The van der Waals surface area contributed by atoms with Gasteiger partial charge in [-0.3, -0.25) is 10.2 Å². The molecule has 2 saturated heterocycles. The number of aromatic amines is 2. The molecule has 7 heterocycles. The SMILES string of the molecule is CC1(C)CC(Oc2ccc(-c3cc(-c4cn[nH]c4)cs3)nn2)CC(C)(C)N1.Cc1n[nH]c(C)c1-c1ccc(-c2ccc(OC3CC(C)(C)NC(C)(C)C3)nn2)c(O)c1. The van der Waals surface area contributed by atoms with Gasteiger partial charge in [-0.05, 0) is 116 Å². The fourth-order valence-corrected chi connectivity index (χ4v) is 9.80. The van der Waals surface area contributed by atoms with E-state index in [1.165, 1.54) is 0 Å². The molecule has 14 heteroatoms. The van der Waals surface area contributed by atoms with Crippen molar-refractivity contribution in [3.63, 3.8) is 0 Å². The van der Waals surface area contributed by atoms with Gasteiger partial charge in [-0.25, -0.2) is 0 Å². The number of aromatic nitrogens is 8. The zero-order chi connectivity index (χ0) is 41.5. The van der Waals surface area contributed by atoms with E-state index in [-0.39, 0.29) is 40.1 Å². The summed E-state index contributed by atoms with van der Waals surface area (Å²) >= 11 is 1.65. The number of piperidine rings is 2. The Kier molecular flexibility index (Phi) is 11.2. The Hall–Kier alpha value is -5.18. The van der Waals surface area contributed by atoms with E-state index >= 15 is 0 Å². The molecule has 0 spiro atoms. The smallest absolute Gasteiger partial charge is 0.233 e. The molecular formula is C44H56N10O3S. The summed E-state index contributed by atoms with van der Waals surface area (Å²) in [6.07, 6.45) is 7.58. The first-order valence-electron chi connectivity index (χ1n) is 19.9. The van der Waals surface area contributed by atoms with Crippen LogP contribution >= 0.6 is 11.3 Å². The maximum atomic E-state index is 10.6. The van der Waals surface area contributed by atoms with Gasteiger partial charge >= 0.3 is 0 Å². The maximum Gasteiger partial charge on any atom is 0.233 e. The Morgan fingerprint density at radius 2 is 1.24 bits per heavy atom. The van der Waals surface area contributed by atoms with E-state index in [0.29, 0.717) is 23.0 Å². The second-order valence-electron chi connectivity index (χ2n) is 18.3. The standard InChI is InChI=1S/C24H31N5O2.C20H25N5OS/c1-14-22(15(2)26-25-14)16-7-8-18(20(30)11-16)19-9-10-21(28-27-19)31-17-12-23(3,4)29-24(5,6)13-17;1-19(2)8-15(9-20(3,4)25-19)26-18-6-5-16(23-24-18)17-7-13(12-27-17)14-10-21-22-11-14/h7-11,17,29-30H,12-13H2,1-6H3,(H,25,26);5-7,10-12,15,25H,8-9H2,1-4H3,(H,21,22). The zero-order valence-electron chi connectivity index (χ0n) is 35.2. The van der Waals surface area contributed by atoms with Gasteiger partial charge in [0.2, 0.25) is 11.8 Å². The number of benzene rings is 1. The molecule has 1 aromatic carbocycles. The summed E-state index contributed by atoms with van der Waals surface area (Å²) in [5.41, 5.74) is 8.15. The molecule has 0 bridgehead atoms. The van der Waals surface area contributed by atoms with Gasteiger partial charge in [0.25, 0.3) is 0 Å². The largest absolute Gasteiger partial charge is 0.507 e. The quantitative estimate of drug-likeness (QED) is 0.0996. The van der Waals surface area contributed by atoms with Crippen LogP contribution in [0.3, 0.4) is 0 Å². The number of thiophene rings is 1. The van der Waals surface area contributed by atoms with Crippen LogP contribution in [0.25, 0.3) is 44.1 Å². The monoisotopic (exact) mass is 804 g/mol. The number of aromatic hydroxyl groups is 1. The van der Waals surface area contributed by atoms with Crippen LogP contribution in [0, 0.1) is 13.8 Å². The van der Waals surface area contributed by atoms with Crippen molar-refractivity contribution in [2.45, 2.75) is 129 Å². The number of aryl methyl sites for hydroxylation is 2. The Morgan fingerprint density at radius 3 is 1.71 bits per heavy atom. The van der Waals surface area contributed by atoms with Crippen molar-refractivity contribution in [1.82, 2.24) is 51.4 Å². The summed E-state index contributed by atoms with van der Waals surface area (Å²) in [6, 6.07) is 15.2. The highest BCUT2D eigenvalue weighted by Crippen LogP contribution is 2.36. The van der Waals surface area contributed by atoms with Crippen molar-refractivity contribution in [1.29, 1.82) is 0 Å². The summed E-state index contributed by atoms with van der Waals surface area (Å²) in [4.78, 5) is 1.08. The summed E-state index contributed by atoms with van der Waals surface area (Å²) in [6.45, 7) is 21.5. The molecule has 0 atom stereocenters. The summed E-state index contributed by atoms with van der Waals surface area (Å²) in [5.74, 6) is 1.24. The molecule has 5 aromatic heterocycles. The minimum Gasteiger partial charge on any atom is -0.507 e. The third-order valence-electron chi connectivity index (χ3n) is 10.5. The molecule has 8 rings (SSSR count). The lowest BCUT2D eigenvalue weighted by atomic mass is 9.81. The third-order valence-corrected chi connectivity index (χ3v) is 11.5. The van der Waals surface area contributed by atoms with Crippen LogP contribution in [0.5, 0.6) is 17.5 Å². The average molecular weight is 805 g/mol. The second-order valence-corrected chi connectivity index (χ2v) is 19.2. The number of rotatable bonds is 8. The number of nitrogens with zero attached hydrogens (tertiary/aromatic N) is 6. The molecule has 0 radical (unpaired) electrons. The van der Waals surface area contributed by atoms with Crippen LogP contribution in [-0.2, 0) is 0 Å². The highest BCUT2D eigenvalue weighted by molar-refractivity contribution is 7.14. The van der Waals surface area contributed by atoms with Gasteiger partial charge < -0.3 is 25.2 Å². The van der Waals surface area contributed by atoms with E-state index in [1.807, 2.05) is 62.6 Å². The van der Waals surface area contributed by atoms with Crippen molar-refractivity contribution in [3.8, 4) is 61.6 Å². The molecule has 0 unspecified atom stereocenters. The first kappa shape index (κ1) is 41.0. The molecule has 6 aromatic rings. The molecule has 2 fully saturated rings. The minimum absolute atomic E-state index is 0.000975. The molecule has 2 aliphatic rings. The normalized spacial score (nSPS) is 18.6. The predicted octanol–water partition coefficient (Wildman–Crippen LogP) is 8.83. The van der Waals surface area contributed by atoms with E-state index in [9.17, 15) is 5.11 Å². The van der Waals surface area contributed by atoms with Gasteiger partial charge in [-0.1, -0.05) is 6.07 Å². The first-order chi connectivity index (χ1) is 27.3. The number of nitrogens with one attached hydrogen (secondary N) is 4. The molecule has 5 N–H and O–H groups in total. The Bertz CT molecular complexity index is 2260. The molecule has 0 amide bonds. The zero-order valence-corrected chi connectivity index (χ0v) is 36.0. The van der Waals surface area contributed by atoms with E-state index in [4.69, 9.17) is 9.47 Å². The van der Waals surface area contributed by atoms with Crippen LogP contribution in [-0.4, -0.2) is 80.3 Å². The topological polar surface area (TPSA) is 172 Å². The Balaban J connectivity index is 0.000000178. The highest BCUT2D eigenvalue weighted by atomic mass is 32.1. The minimum atomic E-state index is -0.000975. The summed E-state index contributed by atoms with van der Waals surface area (Å²) in [7, 11) is 0. The van der Waals surface area contributed by atoms with Gasteiger partial charge in [-0.15, -0.1) is 31.7 Å². The molecule has 0 aliphatic carbocycles. The van der Waals surface area contributed by atoms with E-state index in [2.05, 4.69) is 118 Å². The maximum absolute atomic E-state index is 10.6. The molecule has 0 saturated carbocycles. The number of hydrogen-bond acceptors (Lipinski definition) is 12. The van der Waals surface area contributed by atoms with E-state index < -0.39 is 0 Å². The van der Waals surface area contributed by atoms with Crippen LogP contribution in [0.1, 0.15) is 92.5 Å². The fraction of sp³-hybridized carbons (Fsp3) is 0.455. The van der Waals surface area contributed by atoms with Crippen molar-refractivity contribution in [2.75, 3.05) is 0 Å². The number of phenols is 1. The predicted molar refractivity (Wildman–Crippen MR) is 229 cm³/mol. The molecule has 58 heavy (non-hydrogen) atoms. The van der Waals surface area contributed by atoms with Crippen molar-refractivity contribution < 1.29 is 14.6 Å². The van der Waals surface area contributed by atoms with Crippen LogP contribution < -0.4 is 20.1 Å². The molecule has 13 nitrogen and oxygen atoms in total. The number of phenolic OH excluding ortho intramolecular Hbond substituents is 1. The van der Waals surface area contributed by atoms with Crippen LogP contribution in [0.2, 0.25) is 0 Å². The second kappa shape index (κ2) is 15.9. The first-order valence-corrected chi connectivity index (χ1v) is 20.7. The molecular weight excluding hydrogens is 749 g/mol. The van der Waals surface area contributed by atoms with Crippen LogP contribution in [0.15, 0.2) is 66.3 Å². The number of H-pyrrole nitrogens is 2. The molecule has 306 valence electrons. The van der Waals surface area contributed by atoms with Gasteiger partial charge in [0.05, 0.1) is 22.5 Å². The van der Waals surface area contributed by atoms with Gasteiger partial charge in [0.15, 0.2) is 0 Å². The summed E-state index contributed by atoms with van der Waals surface area (Å²) in [5, 5.41) is 51.4. The van der Waals surface area contributed by atoms with Crippen molar-refractivity contribution >= 4 is 11.3 Å². The van der Waals surface area contributed by atoms with Gasteiger partial charge in [0, 0.05) is 88.6 Å². The number of ether oxygens (including phenoxy) is 2. The summed E-state index contributed by atoms with van der Waals surface area (Å²) < 4.78 is 12.3. The lowest BCUT2D eigenvalue weighted by Gasteiger charge is -2.46. The van der Waals surface area contributed by atoms with Crippen molar-refractivity contribution in [3.05, 3.63) is 77.7 Å². The lowest BCUT2D eigenvalue weighted by molar-refractivity contribution is 0.0518. The van der Waals surface area contributed by atoms with Crippen molar-refractivity contribution in [2.24, 2.45) is 0 Å². The van der Waals surface area contributed by atoms with Gasteiger partial charge in [-0.2, -0.15) is 10.2 Å². The third kappa shape index (κ3) is 9.91.